The van der Waals surface area contributed by atoms with E-state index in [1.165, 1.54) is 12.1 Å². The standard InChI is InChI=1S/C13H15F6N/c14-12(15,16)7-1-2-8-20-9-10-3-5-11(6-4-10)13(17,18)19/h3-6,20H,1-2,7-9H2. The third kappa shape index (κ3) is 6.79. The summed E-state index contributed by atoms with van der Waals surface area (Å²) < 4.78 is 72.5. The molecule has 1 N–H and O–H groups in total. The molecule has 0 aliphatic heterocycles. The number of unbranched alkanes of at least 4 members (excludes halogenated alkanes) is 1. The summed E-state index contributed by atoms with van der Waals surface area (Å²) >= 11 is 0. The zero-order valence-electron chi connectivity index (χ0n) is 10.6. The molecule has 0 aliphatic carbocycles. The molecule has 1 rings (SSSR count). The fraction of sp³-hybridized carbons (Fsp3) is 0.538. The third-order valence-corrected chi connectivity index (χ3v) is 2.67. The van der Waals surface area contributed by atoms with E-state index in [0.717, 1.165) is 12.1 Å². The van der Waals surface area contributed by atoms with Crippen molar-refractivity contribution in [3.05, 3.63) is 35.4 Å². The second-order valence-corrected chi connectivity index (χ2v) is 4.44. The first-order valence-corrected chi connectivity index (χ1v) is 6.12. The van der Waals surface area contributed by atoms with Gasteiger partial charge in [-0.05, 0) is 37.1 Å². The lowest BCUT2D eigenvalue weighted by Gasteiger charge is -2.09. The number of hydrogen-bond donors (Lipinski definition) is 1. The fourth-order valence-electron chi connectivity index (χ4n) is 1.62. The van der Waals surface area contributed by atoms with Gasteiger partial charge in [-0.2, -0.15) is 26.3 Å². The van der Waals surface area contributed by atoms with E-state index in [2.05, 4.69) is 5.32 Å². The summed E-state index contributed by atoms with van der Waals surface area (Å²) in [5, 5.41) is 2.90. The molecule has 0 bridgehead atoms. The maximum atomic E-state index is 12.3. The van der Waals surface area contributed by atoms with E-state index in [-0.39, 0.29) is 6.42 Å². The van der Waals surface area contributed by atoms with Crippen LogP contribution in [0.1, 0.15) is 30.4 Å². The lowest BCUT2D eigenvalue weighted by Crippen LogP contribution is -2.16. The van der Waals surface area contributed by atoms with E-state index in [4.69, 9.17) is 0 Å². The van der Waals surface area contributed by atoms with Crippen LogP contribution >= 0.6 is 0 Å². The maximum absolute atomic E-state index is 12.3. The summed E-state index contributed by atoms with van der Waals surface area (Å²) in [4.78, 5) is 0. The van der Waals surface area contributed by atoms with Crippen LogP contribution in [0.4, 0.5) is 26.3 Å². The van der Waals surface area contributed by atoms with Crippen molar-refractivity contribution < 1.29 is 26.3 Å². The molecule has 0 saturated carbocycles. The Kier molecular flexibility index (Phi) is 5.86. The summed E-state index contributed by atoms with van der Waals surface area (Å²) in [6, 6.07) is 4.68. The highest BCUT2D eigenvalue weighted by Gasteiger charge is 2.29. The Morgan fingerprint density at radius 1 is 0.850 bits per heavy atom. The van der Waals surface area contributed by atoms with Gasteiger partial charge >= 0.3 is 12.4 Å². The normalized spacial score (nSPS) is 12.7. The Hall–Kier alpha value is -1.24. The van der Waals surface area contributed by atoms with Crippen LogP contribution in [0.25, 0.3) is 0 Å². The van der Waals surface area contributed by atoms with Gasteiger partial charge < -0.3 is 5.32 Å². The van der Waals surface area contributed by atoms with Crippen LogP contribution in [0.2, 0.25) is 0 Å². The molecule has 1 nitrogen and oxygen atoms in total. The Balaban J connectivity index is 2.23. The minimum Gasteiger partial charge on any atom is -0.313 e. The Bertz CT molecular complexity index is 393. The topological polar surface area (TPSA) is 12.0 Å². The van der Waals surface area contributed by atoms with E-state index >= 15 is 0 Å². The monoisotopic (exact) mass is 299 g/mol. The smallest absolute Gasteiger partial charge is 0.313 e. The molecular formula is C13H15F6N. The molecule has 0 atom stereocenters. The number of nitrogens with one attached hydrogen (secondary N) is 1. The van der Waals surface area contributed by atoms with Crippen molar-refractivity contribution in [3.8, 4) is 0 Å². The molecule has 0 fully saturated rings. The van der Waals surface area contributed by atoms with E-state index in [9.17, 15) is 26.3 Å². The second kappa shape index (κ2) is 6.97. The predicted octanol–water partition coefficient (Wildman–Crippen LogP) is 4.53. The molecule has 1 aromatic rings. The van der Waals surface area contributed by atoms with Gasteiger partial charge in [-0.1, -0.05) is 12.1 Å². The minimum atomic E-state index is -4.36. The quantitative estimate of drug-likeness (QED) is 0.601. The summed E-state index contributed by atoms with van der Waals surface area (Å²) in [6.07, 6.45) is -8.88. The van der Waals surface area contributed by atoms with Crippen molar-refractivity contribution in [1.29, 1.82) is 0 Å². The lowest BCUT2D eigenvalue weighted by atomic mass is 10.1. The average Bonchev–Trinajstić information content (AvgIpc) is 2.32. The lowest BCUT2D eigenvalue weighted by molar-refractivity contribution is -0.137. The molecule has 0 radical (unpaired) electrons. The Morgan fingerprint density at radius 3 is 1.95 bits per heavy atom. The molecule has 0 unspecified atom stereocenters. The Labute approximate surface area is 113 Å². The van der Waals surface area contributed by atoms with Crippen LogP contribution in [-0.2, 0) is 12.7 Å². The molecule has 0 spiro atoms. The van der Waals surface area contributed by atoms with E-state index in [0.29, 0.717) is 25.1 Å². The average molecular weight is 299 g/mol. The van der Waals surface area contributed by atoms with Crippen LogP contribution in [0.5, 0.6) is 0 Å². The van der Waals surface area contributed by atoms with Crippen molar-refractivity contribution in [2.24, 2.45) is 0 Å². The molecule has 0 aromatic heterocycles. The highest BCUT2D eigenvalue weighted by Crippen LogP contribution is 2.29. The number of rotatable bonds is 6. The SMILES string of the molecule is FC(F)(F)CCCCNCc1ccc(C(F)(F)F)cc1. The summed E-state index contributed by atoms with van der Waals surface area (Å²) in [7, 11) is 0. The van der Waals surface area contributed by atoms with Gasteiger partial charge in [0.15, 0.2) is 0 Å². The van der Waals surface area contributed by atoms with E-state index in [1.54, 1.807) is 0 Å². The molecule has 20 heavy (non-hydrogen) atoms. The van der Waals surface area contributed by atoms with Gasteiger partial charge in [0.1, 0.15) is 0 Å². The molecule has 1 aromatic carbocycles. The van der Waals surface area contributed by atoms with Crippen molar-refractivity contribution >= 4 is 0 Å². The highest BCUT2D eigenvalue weighted by atomic mass is 19.4. The summed E-state index contributed by atoms with van der Waals surface area (Å²) in [5.41, 5.74) is -0.0553. The van der Waals surface area contributed by atoms with Gasteiger partial charge in [0.25, 0.3) is 0 Å². The van der Waals surface area contributed by atoms with Gasteiger partial charge in [-0.25, -0.2) is 0 Å². The van der Waals surface area contributed by atoms with Gasteiger partial charge in [0, 0.05) is 13.0 Å². The first-order chi connectivity index (χ1) is 9.18. The second-order valence-electron chi connectivity index (χ2n) is 4.44. The zero-order valence-corrected chi connectivity index (χ0v) is 10.6. The van der Waals surface area contributed by atoms with Crippen LogP contribution in [0.15, 0.2) is 24.3 Å². The number of alkyl halides is 6. The van der Waals surface area contributed by atoms with Crippen LogP contribution in [0.3, 0.4) is 0 Å². The minimum absolute atomic E-state index is 0.0452. The van der Waals surface area contributed by atoms with Gasteiger partial charge in [-0.3, -0.25) is 0 Å². The molecule has 7 heteroatoms. The predicted molar refractivity (Wildman–Crippen MR) is 63.1 cm³/mol. The first-order valence-electron chi connectivity index (χ1n) is 6.12. The zero-order chi connectivity index (χ0) is 15.2. The van der Waals surface area contributed by atoms with E-state index in [1.807, 2.05) is 0 Å². The molecule has 0 aliphatic rings. The third-order valence-electron chi connectivity index (χ3n) is 2.67. The van der Waals surface area contributed by atoms with Crippen LogP contribution in [-0.4, -0.2) is 12.7 Å². The molecule has 114 valence electrons. The number of halogens is 6. The maximum Gasteiger partial charge on any atom is 0.416 e. The first kappa shape index (κ1) is 16.8. The Morgan fingerprint density at radius 2 is 1.45 bits per heavy atom. The van der Waals surface area contributed by atoms with Gasteiger partial charge in [-0.15, -0.1) is 0 Å². The summed E-state index contributed by atoms with van der Waals surface area (Å²) in [5.74, 6) is 0. The summed E-state index contributed by atoms with van der Waals surface area (Å²) in [6.45, 7) is 0.737. The van der Waals surface area contributed by atoms with Crippen LogP contribution < -0.4 is 5.32 Å². The fourth-order valence-corrected chi connectivity index (χ4v) is 1.62. The molecule has 0 saturated heterocycles. The van der Waals surface area contributed by atoms with Gasteiger partial charge in [0.2, 0.25) is 0 Å². The number of benzene rings is 1. The van der Waals surface area contributed by atoms with Crippen molar-refractivity contribution in [2.45, 2.75) is 38.2 Å². The van der Waals surface area contributed by atoms with Crippen molar-refractivity contribution in [1.82, 2.24) is 5.32 Å². The molecule has 0 amide bonds. The molecular weight excluding hydrogens is 284 g/mol. The largest absolute Gasteiger partial charge is 0.416 e. The highest BCUT2D eigenvalue weighted by molar-refractivity contribution is 5.24. The number of hydrogen-bond acceptors (Lipinski definition) is 1. The van der Waals surface area contributed by atoms with Gasteiger partial charge in [0.05, 0.1) is 5.56 Å². The van der Waals surface area contributed by atoms with Crippen molar-refractivity contribution in [2.75, 3.05) is 6.54 Å². The van der Waals surface area contributed by atoms with Crippen molar-refractivity contribution in [3.63, 3.8) is 0 Å². The van der Waals surface area contributed by atoms with Crippen LogP contribution in [0, 0.1) is 0 Å². The van der Waals surface area contributed by atoms with E-state index < -0.39 is 24.3 Å². The molecule has 0 heterocycles.